The average molecular weight is 405 g/mol. The summed E-state index contributed by atoms with van der Waals surface area (Å²) < 4.78 is 13.4. The molecule has 6 nitrogen and oxygen atoms in total. The van der Waals surface area contributed by atoms with Gasteiger partial charge in [-0.25, -0.2) is 0 Å². The van der Waals surface area contributed by atoms with Gasteiger partial charge in [0.1, 0.15) is 24.2 Å². The topological polar surface area (TPSA) is 70.6 Å². The summed E-state index contributed by atoms with van der Waals surface area (Å²) in [4.78, 5) is 2.21. The number of β-amino-alcohol motifs (C(OH)–C–C–N with tert-alkyl or cyclic N) is 1. The molecule has 0 unspecified atom stereocenters. The number of ether oxygens (including phenoxy) is 2. The molecule has 3 aromatic rings. The minimum atomic E-state index is -0.205. The second kappa shape index (κ2) is 8.78. The first-order valence-corrected chi connectivity index (χ1v) is 10.4. The number of methoxy groups -OCH3 is 1. The normalized spacial score (nSPS) is 16.7. The molecule has 1 aromatic heterocycles. The van der Waals surface area contributed by atoms with Gasteiger partial charge in [0.05, 0.1) is 30.0 Å². The Morgan fingerprint density at radius 1 is 1.17 bits per heavy atom. The molecule has 0 bridgehead atoms. The fraction of sp³-hybridized carbons (Fsp3) is 0.375. The molecular formula is C24H27N3O3. The van der Waals surface area contributed by atoms with E-state index in [0.29, 0.717) is 12.2 Å². The number of nitriles is 1. The highest BCUT2D eigenvalue weighted by atomic mass is 16.5. The second-order valence-corrected chi connectivity index (χ2v) is 7.58. The summed E-state index contributed by atoms with van der Waals surface area (Å²) >= 11 is 0. The SMILES string of the molecule is CCn1c(-c2ccc(OCCN3CC[C@H](O)C3)cc2)c(C#N)c2ccc(OC)cc21. The molecule has 1 fully saturated rings. The van der Waals surface area contributed by atoms with Crippen molar-refractivity contribution in [1.29, 1.82) is 5.26 Å². The molecule has 6 heteroatoms. The Labute approximate surface area is 176 Å². The van der Waals surface area contributed by atoms with Crippen LogP contribution < -0.4 is 9.47 Å². The maximum Gasteiger partial charge on any atom is 0.120 e. The Hall–Kier alpha value is -3.01. The summed E-state index contributed by atoms with van der Waals surface area (Å²) in [6, 6.07) is 16.1. The summed E-state index contributed by atoms with van der Waals surface area (Å²) in [7, 11) is 1.65. The lowest BCUT2D eigenvalue weighted by atomic mass is 10.1. The van der Waals surface area contributed by atoms with Crippen molar-refractivity contribution in [3.05, 3.63) is 48.0 Å². The smallest absolute Gasteiger partial charge is 0.120 e. The van der Waals surface area contributed by atoms with Crippen molar-refractivity contribution < 1.29 is 14.6 Å². The third kappa shape index (κ3) is 3.87. The van der Waals surface area contributed by atoms with Gasteiger partial charge in [-0.1, -0.05) is 0 Å². The van der Waals surface area contributed by atoms with Crippen LogP contribution in [-0.4, -0.2) is 54.0 Å². The third-order valence-corrected chi connectivity index (χ3v) is 5.75. The van der Waals surface area contributed by atoms with Crippen molar-refractivity contribution in [1.82, 2.24) is 9.47 Å². The quantitative estimate of drug-likeness (QED) is 0.650. The molecule has 1 aliphatic rings. The van der Waals surface area contributed by atoms with Crippen LogP contribution in [0.15, 0.2) is 42.5 Å². The lowest BCUT2D eigenvalue weighted by Crippen LogP contribution is -2.27. The minimum absolute atomic E-state index is 0.205. The van der Waals surface area contributed by atoms with Gasteiger partial charge in [0.25, 0.3) is 0 Å². The van der Waals surface area contributed by atoms with Crippen molar-refractivity contribution in [2.45, 2.75) is 26.0 Å². The van der Waals surface area contributed by atoms with E-state index in [1.54, 1.807) is 7.11 Å². The Kier molecular flexibility index (Phi) is 5.93. The van der Waals surface area contributed by atoms with Crippen molar-refractivity contribution in [2.24, 2.45) is 0 Å². The number of benzene rings is 2. The molecule has 4 rings (SSSR count). The summed E-state index contributed by atoms with van der Waals surface area (Å²) in [5.74, 6) is 1.58. The van der Waals surface area contributed by atoms with E-state index in [1.165, 1.54) is 0 Å². The molecule has 0 spiro atoms. The molecule has 0 aliphatic carbocycles. The van der Waals surface area contributed by atoms with E-state index in [-0.39, 0.29) is 6.10 Å². The molecule has 2 heterocycles. The van der Waals surface area contributed by atoms with Gasteiger partial charge >= 0.3 is 0 Å². The highest BCUT2D eigenvalue weighted by Crippen LogP contribution is 2.35. The molecule has 2 aromatic carbocycles. The van der Waals surface area contributed by atoms with E-state index in [1.807, 2.05) is 42.5 Å². The van der Waals surface area contributed by atoms with Crippen LogP contribution in [0.25, 0.3) is 22.2 Å². The second-order valence-electron chi connectivity index (χ2n) is 7.58. The lowest BCUT2D eigenvalue weighted by Gasteiger charge is -2.15. The van der Waals surface area contributed by atoms with Crippen LogP contribution in [0.5, 0.6) is 11.5 Å². The van der Waals surface area contributed by atoms with E-state index in [2.05, 4.69) is 22.5 Å². The van der Waals surface area contributed by atoms with E-state index in [0.717, 1.165) is 66.3 Å². The highest BCUT2D eigenvalue weighted by molar-refractivity contribution is 5.95. The Balaban J connectivity index is 1.57. The van der Waals surface area contributed by atoms with Gasteiger partial charge in [0, 0.05) is 37.6 Å². The van der Waals surface area contributed by atoms with Crippen LogP contribution in [0.1, 0.15) is 18.9 Å². The number of aromatic nitrogens is 1. The van der Waals surface area contributed by atoms with Crippen LogP contribution in [0, 0.1) is 11.3 Å². The molecule has 156 valence electrons. The summed E-state index contributed by atoms with van der Waals surface area (Å²) in [6.45, 7) is 5.88. The van der Waals surface area contributed by atoms with Crippen molar-refractivity contribution in [3.8, 4) is 28.8 Å². The number of nitrogens with zero attached hydrogens (tertiary/aromatic N) is 3. The van der Waals surface area contributed by atoms with Crippen LogP contribution >= 0.6 is 0 Å². The zero-order valence-corrected chi connectivity index (χ0v) is 17.5. The molecular weight excluding hydrogens is 378 g/mol. The molecule has 0 amide bonds. The standard InChI is InChI=1S/C24H27N3O3/c1-3-27-23-14-20(29-2)8-9-21(23)22(15-25)24(27)17-4-6-19(7-5-17)30-13-12-26-11-10-18(28)16-26/h4-9,14,18,28H,3,10-13,16H2,1-2H3/t18-/m0/s1. The maximum absolute atomic E-state index is 9.86. The predicted molar refractivity (Wildman–Crippen MR) is 117 cm³/mol. The number of hydrogen-bond acceptors (Lipinski definition) is 5. The van der Waals surface area contributed by atoms with Crippen LogP contribution in [0.4, 0.5) is 0 Å². The summed E-state index contributed by atoms with van der Waals surface area (Å²) in [5, 5.41) is 20.4. The van der Waals surface area contributed by atoms with Crippen molar-refractivity contribution in [3.63, 3.8) is 0 Å². The van der Waals surface area contributed by atoms with Gasteiger partial charge in [0.2, 0.25) is 0 Å². The number of aliphatic hydroxyl groups is 1. The Morgan fingerprint density at radius 3 is 2.57 bits per heavy atom. The van der Waals surface area contributed by atoms with Gasteiger partial charge < -0.3 is 19.1 Å². The van der Waals surface area contributed by atoms with Gasteiger partial charge in [-0.2, -0.15) is 5.26 Å². The van der Waals surface area contributed by atoms with Crippen LogP contribution in [0.3, 0.4) is 0 Å². The first-order valence-electron chi connectivity index (χ1n) is 10.4. The third-order valence-electron chi connectivity index (χ3n) is 5.75. The Morgan fingerprint density at radius 2 is 1.93 bits per heavy atom. The van der Waals surface area contributed by atoms with Crippen molar-refractivity contribution >= 4 is 10.9 Å². The molecule has 1 aliphatic heterocycles. The maximum atomic E-state index is 9.86. The predicted octanol–water partition coefficient (Wildman–Crippen LogP) is 3.65. The fourth-order valence-electron chi connectivity index (χ4n) is 4.21. The van der Waals surface area contributed by atoms with Crippen LogP contribution in [-0.2, 0) is 6.54 Å². The number of rotatable bonds is 7. The number of aliphatic hydroxyl groups excluding tert-OH is 1. The molecule has 30 heavy (non-hydrogen) atoms. The minimum Gasteiger partial charge on any atom is -0.497 e. The fourth-order valence-corrected chi connectivity index (χ4v) is 4.21. The number of likely N-dealkylation sites (tertiary alicyclic amines) is 1. The molecule has 0 saturated carbocycles. The number of hydrogen-bond donors (Lipinski definition) is 1. The van der Waals surface area contributed by atoms with E-state index in [4.69, 9.17) is 9.47 Å². The lowest BCUT2D eigenvalue weighted by molar-refractivity contribution is 0.167. The first-order chi connectivity index (χ1) is 14.6. The van der Waals surface area contributed by atoms with Crippen LogP contribution in [0.2, 0.25) is 0 Å². The van der Waals surface area contributed by atoms with E-state index in [9.17, 15) is 10.4 Å². The molecule has 0 radical (unpaired) electrons. The zero-order valence-electron chi connectivity index (χ0n) is 17.5. The Bertz CT molecular complexity index is 1070. The van der Waals surface area contributed by atoms with Gasteiger partial charge in [-0.3, -0.25) is 4.90 Å². The van der Waals surface area contributed by atoms with Gasteiger partial charge in [0.15, 0.2) is 0 Å². The van der Waals surface area contributed by atoms with Gasteiger partial charge in [-0.15, -0.1) is 0 Å². The highest BCUT2D eigenvalue weighted by Gasteiger charge is 2.20. The number of fused-ring (bicyclic) bond motifs is 1. The molecule has 1 N–H and O–H groups in total. The van der Waals surface area contributed by atoms with E-state index >= 15 is 0 Å². The molecule has 1 saturated heterocycles. The summed E-state index contributed by atoms with van der Waals surface area (Å²) in [6.07, 6.45) is 0.636. The number of aryl methyl sites for hydroxylation is 1. The van der Waals surface area contributed by atoms with E-state index < -0.39 is 0 Å². The zero-order chi connectivity index (χ0) is 21.1. The monoisotopic (exact) mass is 405 g/mol. The van der Waals surface area contributed by atoms with Crippen molar-refractivity contribution in [2.75, 3.05) is 33.4 Å². The first kappa shape index (κ1) is 20.3. The largest absolute Gasteiger partial charge is 0.497 e. The average Bonchev–Trinajstić information content (AvgIpc) is 3.33. The summed E-state index contributed by atoms with van der Waals surface area (Å²) in [5.41, 5.74) is 3.58. The van der Waals surface area contributed by atoms with Gasteiger partial charge in [-0.05, 0) is 55.3 Å². The molecule has 1 atom stereocenters.